The Morgan fingerprint density at radius 1 is 1.23 bits per heavy atom. The van der Waals surface area contributed by atoms with E-state index in [1.54, 1.807) is 17.3 Å². The molecule has 3 aromatic rings. The Kier molecular flexibility index (Phi) is 3.29. The highest BCUT2D eigenvalue weighted by molar-refractivity contribution is 5.97. The molecular formula is C19H18N6O. The molecule has 4 heterocycles. The number of hydrogen-bond acceptors (Lipinski definition) is 5. The van der Waals surface area contributed by atoms with E-state index in [1.807, 2.05) is 48.3 Å². The summed E-state index contributed by atoms with van der Waals surface area (Å²) >= 11 is 0. The summed E-state index contributed by atoms with van der Waals surface area (Å²) in [7, 11) is 1.92. The maximum Gasteiger partial charge on any atom is 0.264 e. The number of nitrogens with zero attached hydrogens (tertiary/aromatic N) is 4. The Balaban J connectivity index is 1.50. The van der Waals surface area contributed by atoms with Gasteiger partial charge in [-0.25, -0.2) is 5.43 Å². The summed E-state index contributed by atoms with van der Waals surface area (Å²) in [6.45, 7) is 0.670. The lowest BCUT2D eigenvalue weighted by Crippen LogP contribution is -2.52. The molecule has 7 nitrogen and oxygen atoms in total. The second-order valence-corrected chi connectivity index (χ2v) is 6.62. The van der Waals surface area contributed by atoms with Crippen molar-refractivity contribution in [3.63, 3.8) is 0 Å². The van der Waals surface area contributed by atoms with Crippen molar-refractivity contribution in [2.75, 3.05) is 6.54 Å². The third-order valence-corrected chi connectivity index (χ3v) is 5.07. The molecule has 2 aliphatic rings. The smallest absolute Gasteiger partial charge is 0.264 e. The molecule has 26 heavy (non-hydrogen) atoms. The van der Waals surface area contributed by atoms with Crippen molar-refractivity contribution in [3.8, 4) is 0 Å². The zero-order valence-electron chi connectivity index (χ0n) is 14.3. The molecule has 2 N–H and O–H groups in total. The van der Waals surface area contributed by atoms with Crippen LogP contribution in [0.15, 0.2) is 54.9 Å². The maximum atomic E-state index is 12.6. The SMILES string of the molecule is Cn1ncc2cc(C3=CC(=O)N4NCC(c5ccccn5)C4N3)ccc21. The van der Waals surface area contributed by atoms with Crippen LogP contribution in [0.4, 0.5) is 0 Å². The van der Waals surface area contributed by atoms with Gasteiger partial charge in [-0.2, -0.15) is 5.10 Å². The zero-order valence-corrected chi connectivity index (χ0v) is 14.3. The topological polar surface area (TPSA) is 75.1 Å². The van der Waals surface area contributed by atoms with E-state index in [0.717, 1.165) is 27.9 Å². The third kappa shape index (κ3) is 2.28. The molecule has 1 fully saturated rings. The van der Waals surface area contributed by atoms with Crippen molar-refractivity contribution in [2.24, 2.45) is 7.05 Å². The monoisotopic (exact) mass is 346 g/mol. The van der Waals surface area contributed by atoms with Crippen molar-refractivity contribution >= 4 is 22.5 Å². The van der Waals surface area contributed by atoms with Gasteiger partial charge in [0.2, 0.25) is 0 Å². The van der Waals surface area contributed by atoms with Gasteiger partial charge in [0.05, 0.1) is 17.6 Å². The van der Waals surface area contributed by atoms with Crippen LogP contribution >= 0.6 is 0 Å². The Labute approximate surface area is 150 Å². The van der Waals surface area contributed by atoms with Crippen LogP contribution in [0, 0.1) is 0 Å². The number of hydrogen-bond donors (Lipinski definition) is 2. The number of aryl methyl sites for hydroxylation is 1. The van der Waals surface area contributed by atoms with Crippen LogP contribution in [0.3, 0.4) is 0 Å². The lowest BCUT2D eigenvalue weighted by Gasteiger charge is -2.33. The van der Waals surface area contributed by atoms with E-state index >= 15 is 0 Å². The number of rotatable bonds is 2. The molecule has 2 unspecified atom stereocenters. The van der Waals surface area contributed by atoms with E-state index in [9.17, 15) is 4.79 Å². The predicted molar refractivity (Wildman–Crippen MR) is 97.4 cm³/mol. The second kappa shape index (κ2) is 5.67. The van der Waals surface area contributed by atoms with Gasteiger partial charge in [-0.05, 0) is 29.8 Å². The Hall–Kier alpha value is -3.19. The van der Waals surface area contributed by atoms with E-state index in [1.165, 1.54) is 0 Å². The number of pyridine rings is 1. The molecule has 5 rings (SSSR count). The van der Waals surface area contributed by atoms with Gasteiger partial charge in [0.15, 0.2) is 0 Å². The van der Waals surface area contributed by atoms with Crippen LogP contribution in [-0.2, 0) is 11.8 Å². The van der Waals surface area contributed by atoms with Gasteiger partial charge in [0, 0.05) is 42.6 Å². The van der Waals surface area contributed by atoms with Gasteiger partial charge in [0.25, 0.3) is 5.91 Å². The molecule has 130 valence electrons. The first-order chi connectivity index (χ1) is 12.7. The molecule has 1 saturated heterocycles. The number of nitrogens with one attached hydrogen (secondary N) is 2. The van der Waals surface area contributed by atoms with Gasteiger partial charge in [-0.1, -0.05) is 12.1 Å². The van der Waals surface area contributed by atoms with E-state index in [-0.39, 0.29) is 18.0 Å². The van der Waals surface area contributed by atoms with Crippen molar-refractivity contribution in [1.82, 2.24) is 30.5 Å². The zero-order chi connectivity index (χ0) is 17.7. The first-order valence-corrected chi connectivity index (χ1v) is 8.59. The van der Waals surface area contributed by atoms with Crippen LogP contribution in [-0.4, -0.2) is 38.4 Å². The fourth-order valence-electron chi connectivity index (χ4n) is 3.72. The maximum absolute atomic E-state index is 12.6. The molecule has 0 spiro atoms. The number of aromatic nitrogens is 3. The summed E-state index contributed by atoms with van der Waals surface area (Å²) in [5.41, 5.74) is 7.02. The highest BCUT2D eigenvalue weighted by atomic mass is 16.2. The number of amides is 1. The molecule has 0 bridgehead atoms. The third-order valence-electron chi connectivity index (χ3n) is 5.07. The highest BCUT2D eigenvalue weighted by Gasteiger charge is 2.41. The summed E-state index contributed by atoms with van der Waals surface area (Å²) in [5.74, 6) is 0.0411. The van der Waals surface area contributed by atoms with Gasteiger partial charge < -0.3 is 5.32 Å². The molecule has 2 aliphatic heterocycles. The lowest BCUT2D eigenvalue weighted by molar-refractivity contribution is -0.130. The van der Waals surface area contributed by atoms with Gasteiger partial charge in [-0.3, -0.25) is 19.5 Å². The fraction of sp³-hybridized carbons (Fsp3) is 0.211. The molecule has 2 atom stereocenters. The van der Waals surface area contributed by atoms with Gasteiger partial charge in [-0.15, -0.1) is 0 Å². The fourth-order valence-corrected chi connectivity index (χ4v) is 3.72. The second-order valence-electron chi connectivity index (χ2n) is 6.62. The standard InChI is InChI=1S/C19H18N6O/c1-24-17-6-5-12(8-13(17)10-21-24)16-9-18(26)25-19(23-16)14(11-22-25)15-4-2-3-7-20-15/h2-10,14,19,22-23H,11H2,1H3. The summed E-state index contributed by atoms with van der Waals surface area (Å²) in [6.07, 6.45) is 5.10. The molecule has 0 saturated carbocycles. The molecule has 1 aromatic carbocycles. The molecular weight excluding hydrogens is 328 g/mol. The van der Waals surface area contributed by atoms with Crippen molar-refractivity contribution < 1.29 is 4.79 Å². The molecule has 0 radical (unpaired) electrons. The van der Waals surface area contributed by atoms with Crippen LogP contribution in [0.1, 0.15) is 17.2 Å². The normalized spacial score (nSPS) is 22.3. The summed E-state index contributed by atoms with van der Waals surface area (Å²) < 4.78 is 1.84. The average molecular weight is 346 g/mol. The number of hydrazine groups is 1. The Morgan fingerprint density at radius 3 is 3.00 bits per heavy atom. The van der Waals surface area contributed by atoms with Crippen LogP contribution < -0.4 is 10.7 Å². The van der Waals surface area contributed by atoms with E-state index in [2.05, 4.69) is 26.9 Å². The van der Waals surface area contributed by atoms with Gasteiger partial charge >= 0.3 is 0 Å². The first kappa shape index (κ1) is 15.1. The number of carbonyl (C=O) groups is 1. The van der Waals surface area contributed by atoms with Crippen LogP contribution in [0.2, 0.25) is 0 Å². The van der Waals surface area contributed by atoms with Crippen molar-refractivity contribution in [1.29, 1.82) is 0 Å². The first-order valence-electron chi connectivity index (χ1n) is 8.59. The Morgan fingerprint density at radius 2 is 2.15 bits per heavy atom. The minimum absolute atomic E-state index is 0.0477. The quantitative estimate of drug-likeness (QED) is 0.733. The highest BCUT2D eigenvalue weighted by Crippen LogP contribution is 2.30. The number of carbonyl (C=O) groups excluding carboxylic acids is 1. The molecule has 7 heteroatoms. The van der Waals surface area contributed by atoms with Gasteiger partial charge in [0.1, 0.15) is 6.17 Å². The summed E-state index contributed by atoms with van der Waals surface area (Å²) in [4.78, 5) is 17.1. The van der Waals surface area contributed by atoms with E-state index in [0.29, 0.717) is 6.54 Å². The molecule has 0 aliphatic carbocycles. The minimum atomic E-state index is -0.165. The van der Waals surface area contributed by atoms with E-state index < -0.39 is 0 Å². The summed E-state index contributed by atoms with van der Waals surface area (Å²) in [5, 5.41) is 10.5. The Bertz CT molecular complexity index is 1020. The molecule has 2 aromatic heterocycles. The minimum Gasteiger partial charge on any atom is -0.363 e. The van der Waals surface area contributed by atoms with Crippen molar-refractivity contribution in [2.45, 2.75) is 12.1 Å². The summed E-state index contributed by atoms with van der Waals surface area (Å²) in [6, 6.07) is 12.0. The van der Waals surface area contributed by atoms with Crippen molar-refractivity contribution in [3.05, 3.63) is 66.1 Å². The largest absolute Gasteiger partial charge is 0.363 e. The molecule has 1 amide bonds. The average Bonchev–Trinajstić information content (AvgIpc) is 3.26. The lowest BCUT2D eigenvalue weighted by atomic mass is 9.99. The van der Waals surface area contributed by atoms with Crippen LogP contribution in [0.5, 0.6) is 0 Å². The number of fused-ring (bicyclic) bond motifs is 2. The van der Waals surface area contributed by atoms with Crippen LogP contribution in [0.25, 0.3) is 16.6 Å². The number of benzene rings is 1. The predicted octanol–water partition coefficient (Wildman–Crippen LogP) is 1.37. The van der Waals surface area contributed by atoms with E-state index in [4.69, 9.17) is 0 Å².